The van der Waals surface area contributed by atoms with Gasteiger partial charge in [-0.15, -0.1) is 11.3 Å². The van der Waals surface area contributed by atoms with Crippen LogP contribution in [0.15, 0.2) is 72.1 Å². The molecule has 1 unspecified atom stereocenters. The molecule has 0 spiro atoms. The summed E-state index contributed by atoms with van der Waals surface area (Å²) in [7, 11) is 2.16. The van der Waals surface area contributed by atoms with Gasteiger partial charge in [0.2, 0.25) is 0 Å². The van der Waals surface area contributed by atoms with Crippen molar-refractivity contribution in [2.75, 3.05) is 20.1 Å². The van der Waals surface area contributed by atoms with E-state index in [9.17, 15) is 0 Å². The summed E-state index contributed by atoms with van der Waals surface area (Å²) in [6.07, 6.45) is 14.6. The number of aromatic nitrogens is 1. The molecule has 1 fully saturated rings. The van der Waals surface area contributed by atoms with E-state index in [0.717, 1.165) is 66.2 Å². The molecule has 6 heteroatoms. The van der Waals surface area contributed by atoms with Crippen molar-refractivity contribution in [1.29, 1.82) is 0 Å². The first kappa shape index (κ1) is 20.5. The Morgan fingerprint density at radius 1 is 1.23 bits per heavy atom. The van der Waals surface area contributed by atoms with Crippen LogP contribution in [0, 0.1) is 0 Å². The number of likely N-dealkylation sites (tertiary alicyclic amines) is 1. The summed E-state index contributed by atoms with van der Waals surface area (Å²) in [6.45, 7) is 2.08. The minimum Gasteiger partial charge on any atom is -0.465 e. The lowest BCUT2D eigenvalue weighted by Gasteiger charge is -2.32. The highest BCUT2D eigenvalue weighted by molar-refractivity contribution is 7.18. The van der Waals surface area contributed by atoms with Gasteiger partial charge in [-0.05, 0) is 44.9 Å². The summed E-state index contributed by atoms with van der Waals surface area (Å²) in [6, 6.07) is 8.21. The first-order chi connectivity index (χ1) is 15.2. The third-order valence-corrected chi connectivity index (χ3v) is 7.00. The molecular weight excluding hydrogens is 408 g/mol. The Morgan fingerprint density at radius 3 is 2.90 bits per heavy atom. The van der Waals surface area contributed by atoms with Crippen LogP contribution in [0.4, 0.5) is 0 Å². The average Bonchev–Trinajstić information content (AvgIpc) is 3.23. The number of ether oxygens (including phenoxy) is 3. The van der Waals surface area contributed by atoms with E-state index in [4.69, 9.17) is 19.2 Å². The molecule has 5 rings (SSSR count). The van der Waals surface area contributed by atoms with E-state index >= 15 is 0 Å². The van der Waals surface area contributed by atoms with E-state index in [-0.39, 0.29) is 12.2 Å². The van der Waals surface area contributed by atoms with Crippen LogP contribution < -0.4 is 0 Å². The van der Waals surface area contributed by atoms with Gasteiger partial charge < -0.3 is 19.1 Å². The van der Waals surface area contributed by atoms with Gasteiger partial charge in [0.1, 0.15) is 23.3 Å². The van der Waals surface area contributed by atoms with Crippen molar-refractivity contribution in [1.82, 2.24) is 9.88 Å². The zero-order valence-electron chi connectivity index (χ0n) is 17.8. The largest absolute Gasteiger partial charge is 0.465 e. The average molecular weight is 437 g/mol. The molecule has 31 heavy (non-hydrogen) atoms. The maximum Gasteiger partial charge on any atom is 0.174 e. The van der Waals surface area contributed by atoms with Crippen LogP contribution in [0.5, 0.6) is 0 Å². The van der Waals surface area contributed by atoms with Gasteiger partial charge in [0.05, 0.1) is 16.3 Å². The Morgan fingerprint density at radius 2 is 2.10 bits per heavy atom. The van der Waals surface area contributed by atoms with Gasteiger partial charge in [-0.3, -0.25) is 0 Å². The zero-order valence-corrected chi connectivity index (χ0v) is 18.6. The fourth-order valence-electron chi connectivity index (χ4n) is 4.16. The summed E-state index contributed by atoms with van der Waals surface area (Å²) in [5.74, 6) is 1.50. The van der Waals surface area contributed by atoms with Gasteiger partial charge in [0.25, 0.3) is 0 Å². The number of para-hydroxylation sites is 1. The molecule has 2 aromatic rings. The maximum absolute atomic E-state index is 6.63. The summed E-state index contributed by atoms with van der Waals surface area (Å²) < 4.78 is 19.8. The Balaban J connectivity index is 1.37. The number of piperidine rings is 1. The lowest BCUT2D eigenvalue weighted by molar-refractivity contribution is -0.0471. The maximum atomic E-state index is 6.63. The SMILES string of the molecule is CN1CCC(OC(C2=COC=C(CC3=CC=CCC3)O2)c2nc3ccccc3s2)CC1. The smallest absolute Gasteiger partial charge is 0.174 e. The number of fused-ring (bicyclic) bond motifs is 1. The molecule has 0 radical (unpaired) electrons. The highest BCUT2D eigenvalue weighted by atomic mass is 32.1. The van der Waals surface area contributed by atoms with Gasteiger partial charge in [-0.1, -0.05) is 35.9 Å². The molecule has 3 heterocycles. The van der Waals surface area contributed by atoms with Crippen molar-refractivity contribution in [2.45, 2.75) is 44.3 Å². The molecule has 2 aliphatic heterocycles. The molecule has 5 nitrogen and oxygen atoms in total. The van der Waals surface area contributed by atoms with Crippen LogP contribution in [-0.2, 0) is 14.2 Å². The fourth-order valence-corrected chi connectivity index (χ4v) is 5.17. The third-order valence-electron chi connectivity index (χ3n) is 5.92. The number of rotatable bonds is 6. The summed E-state index contributed by atoms with van der Waals surface area (Å²) in [4.78, 5) is 7.22. The second-order valence-electron chi connectivity index (χ2n) is 8.35. The Bertz CT molecular complexity index is 1010. The highest BCUT2D eigenvalue weighted by Crippen LogP contribution is 2.38. The molecule has 0 bridgehead atoms. The van der Waals surface area contributed by atoms with Gasteiger partial charge >= 0.3 is 0 Å². The Hall–Kier alpha value is -2.41. The van der Waals surface area contributed by atoms with Crippen molar-refractivity contribution < 1.29 is 14.2 Å². The summed E-state index contributed by atoms with van der Waals surface area (Å²) in [5, 5.41) is 0.913. The minimum atomic E-state index is -0.366. The van der Waals surface area contributed by atoms with Crippen LogP contribution in [0.1, 0.15) is 43.2 Å². The molecule has 0 saturated carbocycles. The van der Waals surface area contributed by atoms with Gasteiger partial charge in [-0.25, -0.2) is 4.98 Å². The number of allylic oxidation sites excluding steroid dienone is 4. The van der Waals surface area contributed by atoms with Crippen LogP contribution in [0.25, 0.3) is 10.2 Å². The van der Waals surface area contributed by atoms with Crippen LogP contribution in [0.3, 0.4) is 0 Å². The molecule has 0 N–H and O–H groups in total. The monoisotopic (exact) mass is 436 g/mol. The first-order valence-electron chi connectivity index (χ1n) is 11.0. The third kappa shape index (κ3) is 4.92. The molecule has 162 valence electrons. The molecule has 1 aromatic carbocycles. The second kappa shape index (κ2) is 9.39. The predicted octanol–water partition coefficient (Wildman–Crippen LogP) is 5.84. The number of nitrogens with zero attached hydrogens (tertiary/aromatic N) is 2. The quantitative estimate of drug-likeness (QED) is 0.569. The fraction of sp³-hybridized carbons (Fsp3) is 0.400. The predicted molar refractivity (Wildman–Crippen MR) is 123 cm³/mol. The Labute approximate surface area is 187 Å². The second-order valence-corrected chi connectivity index (χ2v) is 9.41. The number of thiazole rings is 1. The highest BCUT2D eigenvalue weighted by Gasteiger charge is 2.31. The van der Waals surface area contributed by atoms with E-state index in [2.05, 4.69) is 36.2 Å². The normalized spacial score (nSPS) is 21.1. The molecule has 1 saturated heterocycles. The Kier molecular flexibility index (Phi) is 6.20. The number of benzene rings is 1. The van der Waals surface area contributed by atoms with E-state index in [1.165, 1.54) is 5.57 Å². The lowest BCUT2D eigenvalue weighted by atomic mass is 10.0. The standard InChI is InChI=1S/C25H28N2O3S/c1-27-13-11-19(12-14-27)30-24(25-26-21-9-5-6-10-23(21)31-25)22-17-28-16-20(29-22)15-18-7-3-2-4-8-18/h2-3,5-7,9-10,16-17,19,24H,4,8,11-15H2,1H3. The van der Waals surface area contributed by atoms with Crippen molar-refractivity contribution in [2.24, 2.45) is 0 Å². The topological polar surface area (TPSA) is 43.8 Å². The summed E-state index contributed by atoms with van der Waals surface area (Å²) in [5.41, 5.74) is 2.35. The van der Waals surface area contributed by atoms with E-state index in [1.54, 1.807) is 23.9 Å². The lowest BCUT2D eigenvalue weighted by Crippen LogP contribution is -2.35. The summed E-state index contributed by atoms with van der Waals surface area (Å²) >= 11 is 1.66. The number of hydrogen-bond acceptors (Lipinski definition) is 6. The van der Waals surface area contributed by atoms with Crippen molar-refractivity contribution in [3.05, 3.63) is 77.1 Å². The number of hydrogen-bond donors (Lipinski definition) is 0. The zero-order chi connectivity index (χ0) is 21.0. The van der Waals surface area contributed by atoms with Crippen LogP contribution in [-0.4, -0.2) is 36.1 Å². The molecule has 0 amide bonds. The van der Waals surface area contributed by atoms with E-state index in [0.29, 0.717) is 5.76 Å². The van der Waals surface area contributed by atoms with Gasteiger partial charge in [-0.2, -0.15) is 0 Å². The first-order valence-corrected chi connectivity index (χ1v) is 11.8. The molecule has 3 aliphatic rings. The minimum absolute atomic E-state index is 0.179. The van der Waals surface area contributed by atoms with Gasteiger partial charge in [0, 0.05) is 19.5 Å². The van der Waals surface area contributed by atoms with E-state index < -0.39 is 0 Å². The van der Waals surface area contributed by atoms with Gasteiger partial charge in [0.15, 0.2) is 11.9 Å². The molecule has 1 atom stereocenters. The van der Waals surface area contributed by atoms with Crippen LogP contribution >= 0.6 is 11.3 Å². The van der Waals surface area contributed by atoms with Crippen LogP contribution in [0.2, 0.25) is 0 Å². The van der Waals surface area contributed by atoms with Crippen molar-refractivity contribution in [3.63, 3.8) is 0 Å². The van der Waals surface area contributed by atoms with E-state index in [1.807, 2.05) is 18.2 Å². The molecular formula is C25H28N2O3S. The molecule has 1 aliphatic carbocycles. The van der Waals surface area contributed by atoms with Crippen molar-refractivity contribution >= 4 is 21.6 Å². The van der Waals surface area contributed by atoms with Crippen molar-refractivity contribution in [3.8, 4) is 0 Å². The molecule has 1 aromatic heterocycles.